The van der Waals surface area contributed by atoms with E-state index >= 15 is 0 Å². The minimum atomic E-state index is 0.133. The molecule has 1 aromatic rings. The second-order valence-electron chi connectivity index (χ2n) is 5.99. The van der Waals surface area contributed by atoms with Crippen molar-refractivity contribution in [3.05, 3.63) is 40.3 Å². The maximum Gasteiger partial charge on any atom is 0.223 e. The zero-order valence-electron chi connectivity index (χ0n) is 13.1. The van der Waals surface area contributed by atoms with E-state index in [1.165, 1.54) is 5.69 Å². The molecule has 0 N–H and O–H groups in total. The quantitative estimate of drug-likeness (QED) is 0.474. The third-order valence-corrected chi connectivity index (χ3v) is 4.40. The predicted molar refractivity (Wildman–Crippen MR) is 87.0 cm³/mol. The Labute approximate surface area is 135 Å². The number of hydrogen-bond acceptors (Lipinski definition) is 4. The number of azide groups is 1. The van der Waals surface area contributed by atoms with Gasteiger partial charge in [-0.05, 0) is 23.1 Å². The molecule has 1 amide bonds. The minimum absolute atomic E-state index is 0.133. The first-order valence-corrected chi connectivity index (χ1v) is 7.97. The average Bonchev–Trinajstić information content (AvgIpc) is 2.94. The molecule has 2 aliphatic rings. The topological polar surface area (TPSA) is 81.5 Å². The van der Waals surface area contributed by atoms with Crippen LogP contribution >= 0.6 is 0 Å². The number of ether oxygens (including phenoxy) is 1. The molecule has 7 heteroatoms. The lowest BCUT2D eigenvalue weighted by molar-refractivity contribution is -0.128. The van der Waals surface area contributed by atoms with Gasteiger partial charge in [0.2, 0.25) is 5.91 Å². The van der Waals surface area contributed by atoms with Crippen molar-refractivity contribution in [3.8, 4) is 0 Å². The molecule has 0 aliphatic carbocycles. The van der Waals surface area contributed by atoms with Gasteiger partial charge in [-0.15, -0.1) is 0 Å². The molecule has 0 spiro atoms. The van der Waals surface area contributed by atoms with Crippen LogP contribution in [0.2, 0.25) is 0 Å². The largest absolute Gasteiger partial charge is 0.378 e. The van der Waals surface area contributed by atoms with E-state index in [4.69, 9.17) is 10.3 Å². The molecule has 1 unspecified atom stereocenters. The van der Waals surface area contributed by atoms with Crippen LogP contribution in [0, 0.1) is 5.92 Å². The fourth-order valence-corrected chi connectivity index (χ4v) is 3.24. The number of para-hydroxylation sites is 1. The highest BCUT2D eigenvalue weighted by molar-refractivity contribution is 5.79. The molecule has 122 valence electrons. The van der Waals surface area contributed by atoms with Crippen molar-refractivity contribution in [2.45, 2.75) is 13.0 Å². The van der Waals surface area contributed by atoms with Crippen LogP contribution in [0.15, 0.2) is 29.4 Å². The van der Waals surface area contributed by atoms with Crippen LogP contribution in [-0.4, -0.2) is 50.2 Å². The van der Waals surface area contributed by atoms with Crippen LogP contribution in [0.4, 0.5) is 5.69 Å². The number of likely N-dealkylation sites (tertiary alicyclic amines) is 1. The van der Waals surface area contributed by atoms with Gasteiger partial charge < -0.3 is 14.5 Å². The van der Waals surface area contributed by atoms with E-state index in [9.17, 15) is 4.79 Å². The SMILES string of the molecule is [N-]=[N+]=NCC1CC(=O)N(Cc2ccccc2N2CCOCC2)C1. The number of benzene rings is 1. The number of amides is 1. The van der Waals surface area contributed by atoms with Crippen LogP contribution in [-0.2, 0) is 16.1 Å². The Morgan fingerprint density at radius 3 is 2.87 bits per heavy atom. The number of carbonyl (C=O) groups is 1. The summed E-state index contributed by atoms with van der Waals surface area (Å²) in [4.78, 5) is 19.2. The molecule has 2 fully saturated rings. The maximum atomic E-state index is 12.2. The lowest BCUT2D eigenvalue weighted by atomic mass is 10.1. The summed E-state index contributed by atoms with van der Waals surface area (Å²) in [5, 5.41) is 3.60. The fourth-order valence-electron chi connectivity index (χ4n) is 3.24. The van der Waals surface area contributed by atoms with Crippen molar-refractivity contribution in [2.24, 2.45) is 11.0 Å². The number of morpholine rings is 1. The summed E-state index contributed by atoms with van der Waals surface area (Å²) in [7, 11) is 0. The van der Waals surface area contributed by atoms with Gasteiger partial charge in [-0.3, -0.25) is 4.79 Å². The van der Waals surface area contributed by atoms with Gasteiger partial charge in [-0.1, -0.05) is 23.3 Å². The van der Waals surface area contributed by atoms with E-state index in [1.54, 1.807) is 0 Å². The zero-order valence-corrected chi connectivity index (χ0v) is 13.1. The molecule has 1 aromatic carbocycles. The number of hydrogen-bond donors (Lipinski definition) is 0. The maximum absolute atomic E-state index is 12.2. The Morgan fingerprint density at radius 1 is 1.30 bits per heavy atom. The van der Waals surface area contributed by atoms with Gasteiger partial charge in [0, 0.05) is 49.7 Å². The molecule has 3 rings (SSSR count). The molecule has 2 heterocycles. The molecule has 2 saturated heterocycles. The van der Waals surface area contributed by atoms with E-state index in [2.05, 4.69) is 27.1 Å². The van der Waals surface area contributed by atoms with E-state index < -0.39 is 0 Å². The van der Waals surface area contributed by atoms with Crippen molar-refractivity contribution < 1.29 is 9.53 Å². The second-order valence-corrected chi connectivity index (χ2v) is 5.99. The third kappa shape index (κ3) is 3.75. The molecule has 0 aromatic heterocycles. The number of rotatable bonds is 5. The van der Waals surface area contributed by atoms with Gasteiger partial charge in [-0.2, -0.15) is 0 Å². The van der Waals surface area contributed by atoms with Gasteiger partial charge >= 0.3 is 0 Å². The average molecular weight is 315 g/mol. The van der Waals surface area contributed by atoms with Gasteiger partial charge in [0.25, 0.3) is 0 Å². The minimum Gasteiger partial charge on any atom is -0.378 e. The molecular weight excluding hydrogens is 294 g/mol. The van der Waals surface area contributed by atoms with Gasteiger partial charge in [0.05, 0.1) is 13.2 Å². The molecule has 7 nitrogen and oxygen atoms in total. The highest BCUT2D eigenvalue weighted by Gasteiger charge is 2.29. The fraction of sp³-hybridized carbons (Fsp3) is 0.562. The van der Waals surface area contributed by atoms with Crippen LogP contribution < -0.4 is 4.90 Å². The molecule has 23 heavy (non-hydrogen) atoms. The first-order chi connectivity index (χ1) is 11.3. The number of carbonyl (C=O) groups excluding carboxylic acids is 1. The third-order valence-electron chi connectivity index (χ3n) is 4.40. The normalized spacial score (nSPS) is 21.4. The predicted octanol–water partition coefficient (Wildman–Crippen LogP) is 2.18. The van der Waals surface area contributed by atoms with Crippen molar-refractivity contribution in [1.82, 2.24) is 4.90 Å². The number of nitrogens with zero attached hydrogens (tertiary/aromatic N) is 5. The van der Waals surface area contributed by atoms with Crippen molar-refractivity contribution in [2.75, 3.05) is 44.3 Å². The Balaban J connectivity index is 1.70. The summed E-state index contributed by atoms with van der Waals surface area (Å²) in [6.45, 7) is 4.91. The lowest BCUT2D eigenvalue weighted by Gasteiger charge is -2.31. The highest BCUT2D eigenvalue weighted by atomic mass is 16.5. The Kier molecular flexibility index (Phi) is 5.00. The van der Waals surface area contributed by atoms with Gasteiger partial charge in [-0.25, -0.2) is 0 Å². The Morgan fingerprint density at radius 2 is 2.09 bits per heavy atom. The van der Waals surface area contributed by atoms with Gasteiger partial charge in [0.1, 0.15) is 0 Å². The van der Waals surface area contributed by atoms with Crippen molar-refractivity contribution in [3.63, 3.8) is 0 Å². The Bertz CT molecular complexity index is 608. The zero-order chi connectivity index (χ0) is 16.1. The highest BCUT2D eigenvalue weighted by Crippen LogP contribution is 2.26. The standard InChI is InChI=1S/C16H21N5O2/c17-19-18-10-13-9-16(22)21(11-13)12-14-3-1-2-4-15(14)20-5-7-23-8-6-20/h1-4,13H,5-12H2. The molecule has 0 saturated carbocycles. The van der Waals surface area contributed by atoms with E-state index in [1.807, 2.05) is 17.0 Å². The van der Waals surface area contributed by atoms with Crippen molar-refractivity contribution >= 4 is 11.6 Å². The molecule has 0 radical (unpaired) electrons. The van der Waals surface area contributed by atoms with Gasteiger partial charge in [0.15, 0.2) is 0 Å². The van der Waals surface area contributed by atoms with Crippen molar-refractivity contribution in [1.29, 1.82) is 0 Å². The van der Waals surface area contributed by atoms with Crippen LogP contribution in [0.1, 0.15) is 12.0 Å². The van der Waals surface area contributed by atoms with E-state index in [0.29, 0.717) is 26.1 Å². The molecular formula is C16H21N5O2. The summed E-state index contributed by atoms with van der Waals surface area (Å²) in [5.41, 5.74) is 10.8. The second kappa shape index (κ2) is 7.35. The van der Waals surface area contributed by atoms with Crippen LogP contribution in [0.25, 0.3) is 10.4 Å². The summed E-state index contributed by atoms with van der Waals surface area (Å²) < 4.78 is 5.42. The summed E-state index contributed by atoms with van der Waals surface area (Å²) >= 11 is 0. The first kappa shape index (κ1) is 15.6. The van der Waals surface area contributed by atoms with E-state index in [-0.39, 0.29) is 11.8 Å². The molecule has 2 aliphatic heterocycles. The monoisotopic (exact) mass is 315 g/mol. The van der Waals surface area contributed by atoms with Crippen LogP contribution in [0.3, 0.4) is 0 Å². The molecule has 0 bridgehead atoms. The molecule has 1 atom stereocenters. The number of anilines is 1. The summed E-state index contributed by atoms with van der Waals surface area (Å²) in [5.74, 6) is 0.272. The lowest BCUT2D eigenvalue weighted by Crippen LogP contribution is -2.37. The Hall–Kier alpha value is -2.24. The smallest absolute Gasteiger partial charge is 0.223 e. The van der Waals surface area contributed by atoms with Crippen LogP contribution in [0.5, 0.6) is 0 Å². The first-order valence-electron chi connectivity index (χ1n) is 7.97. The van der Waals surface area contributed by atoms with E-state index in [0.717, 1.165) is 31.9 Å². The summed E-state index contributed by atoms with van der Waals surface area (Å²) in [6, 6.07) is 8.24. The summed E-state index contributed by atoms with van der Waals surface area (Å²) in [6.07, 6.45) is 0.471.